The molecule has 1 aliphatic heterocycles. The van der Waals surface area contributed by atoms with Gasteiger partial charge in [-0.05, 0) is 104 Å². The van der Waals surface area contributed by atoms with E-state index >= 15 is 0 Å². The quantitative estimate of drug-likeness (QED) is 0.0276. The lowest BCUT2D eigenvalue weighted by atomic mass is 9.90. The largest absolute Gasteiger partial charge is 0.465 e. The summed E-state index contributed by atoms with van der Waals surface area (Å²) in [5, 5.41) is 0. The molecular formula is C47H81NO6. The predicted molar refractivity (Wildman–Crippen MR) is 225 cm³/mol. The van der Waals surface area contributed by atoms with Crippen LogP contribution in [0.15, 0.2) is 48.6 Å². The Labute approximate surface area is 331 Å². The molecule has 1 heterocycles. The van der Waals surface area contributed by atoms with Gasteiger partial charge in [-0.3, -0.25) is 14.4 Å². The second-order valence-electron chi connectivity index (χ2n) is 15.8. The van der Waals surface area contributed by atoms with Crippen LogP contribution in [0.3, 0.4) is 0 Å². The topological polar surface area (TPSA) is 82.1 Å². The number of unbranched alkanes of at least 4 members (excludes halogenated alkanes) is 16. The lowest BCUT2D eigenvalue weighted by molar-refractivity contribution is -0.159. The molecule has 1 unspecified atom stereocenters. The Bertz CT molecular complexity index is 1000. The second-order valence-corrected chi connectivity index (χ2v) is 15.8. The van der Waals surface area contributed by atoms with Gasteiger partial charge in [-0.2, -0.15) is 0 Å². The van der Waals surface area contributed by atoms with E-state index in [9.17, 15) is 14.4 Å². The first-order valence-corrected chi connectivity index (χ1v) is 22.1. The fourth-order valence-electron chi connectivity index (χ4n) is 6.60. The molecule has 1 atom stereocenters. The van der Waals surface area contributed by atoms with Crippen LogP contribution in [0, 0.1) is 11.3 Å². The Morgan fingerprint density at radius 2 is 0.944 bits per heavy atom. The van der Waals surface area contributed by atoms with Crippen LogP contribution in [0.25, 0.3) is 0 Å². The number of ether oxygens (including phenoxy) is 3. The molecule has 0 saturated carbocycles. The molecule has 1 aliphatic rings. The van der Waals surface area contributed by atoms with Crippen LogP contribution in [-0.4, -0.2) is 62.8 Å². The molecule has 7 heteroatoms. The highest BCUT2D eigenvalue weighted by Gasteiger charge is 2.40. The number of esters is 3. The summed E-state index contributed by atoms with van der Waals surface area (Å²) in [5.74, 6) is -1.14. The molecule has 0 aliphatic carbocycles. The number of rotatable bonds is 35. The van der Waals surface area contributed by atoms with Crippen LogP contribution in [-0.2, 0) is 28.6 Å². The zero-order valence-corrected chi connectivity index (χ0v) is 35.3. The van der Waals surface area contributed by atoms with Gasteiger partial charge in [0.2, 0.25) is 0 Å². The van der Waals surface area contributed by atoms with E-state index in [0.29, 0.717) is 19.4 Å². The van der Waals surface area contributed by atoms with Crippen LogP contribution < -0.4 is 0 Å². The van der Waals surface area contributed by atoms with Crippen molar-refractivity contribution in [1.82, 2.24) is 4.90 Å². The molecule has 1 fully saturated rings. The van der Waals surface area contributed by atoms with Gasteiger partial charge in [0.05, 0.1) is 11.3 Å². The molecule has 0 aromatic carbocycles. The first kappa shape index (κ1) is 49.3. The average Bonchev–Trinajstić information content (AvgIpc) is 3.53. The van der Waals surface area contributed by atoms with Crippen LogP contribution in [0.2, 0.25) is 0 Å². The highest BCUT2D eigenvalue weighted by Crippen LogP contribution is 2.30. The molecule has 310 valence electrons. The van der Waals surface area contributed by atoms with Crippen LogP contribution in [0.4, 0.5) is 0 Å². The summed E-state index contributed by atoms with van der Waals surface area (Å²) in [6, 6.07) is 0. The Kier molecular flexibility index (Phi) is 31.8. The minimum Gasteiger partial charge on any atom is -0.465 e. The van der Waals surface area contributed by atoms with Crippen LogP contribution in [0.5, 0.6) is 0 Å². The Hall–Kier alpha value is -2.67. The smallest absolute Gasteiger partial charge is 0.313 e. The number of carbonyl (C=O) groups is 3. The molecule has 0 aromatic heterocycles. The van der Waals surface area contributed by atoms with Crippen molar-refractivity contribution in [2.45, 2.75) is 181 Å². The molecule has 0 spiro atoms. The molecule has 0 radical (unpaired) electrons. The number of hydrogen-bond acceptors (Lipinski definition) is 7. The molecule has 0 amide bonds. The van der Waals surface area contributed by atoms with Crippen LogP contribution in [0.1, 0.15) is 181 Å². The molecule has 1 saturated heterocycles. The van der Waals surface area contributed by atoms with Gasteiger partial charge in [0, 0.05) is 19.4 Å². The minimum atomic E-state index is -0.547. The van der Waals surface area contributed by atoms with Gasteiger partial charge in [-0.1, -0.05) is 127 Å². The molecule has 0 N–H and O–H groups in total. The first-order valence-electron chi connectivity index (χ1n) is 22.1. The molecular weight excluding hydrogens is 675 g/mol. The fourth-order valence-corrected chi connectivity index (χ4v) is 6.60. The fraction of sp³-hybridized carbons (Fsp3) is 0.766. The summed E-state index contributed by atoms with van der Waals surface area (Å²) in [5.41, 5.74) is -0.547. The van der Waals surface area contributed by atoms with Gasteiger partial charge in [0.15, 0.2) is 0 Å². The molecule has 0 bridgehead atoms. The van der Waals surface area contributed by atoms with Gasteiger partial charge in [-0.15, -0.1) is 0 Å². The maximum absolute atomic E-state index is 13.0. The summed E-state index contributed by atoms with van der Waals surface area (Å²) in [6.07, 6.45) is 44.5. The highest BCUT2D eigenvalue weighted by atomic mass is 16.6. The van der Waals surface area contributed by atoms with Crippen molar-refractivity contribution in [2.75, 3.05) is 40.0 Å². The van der Waals surface area contributed by atoms with E-state index in [1.807, 2.05) is 14.0 Å². The van der Waals surface area contributed by atoms with Gasteiger partial charge in [-0.25, -0.2) is 0 Å². The number of allylic oxidation sites excluding steroid dienone is 8. The number of nitrogens with zero attached hydrogens (tertiary/aromatic N) is 1. The summed E-state index contributed by atoms with van der Waals surface area (Å²) in [6.45, 7) is 8.12. The second kappa shape index (κ2) is 34.8. The minimum absolute atomic E-state index is 0.0616. The van der Waals surface area contributed by atoms with Gasteiger partial charge in [0.25, 0.3) is 0 Å². The summed E-state index contributed by atoms with van der Waals surface area (Å²) in [4.78, 5) is 40.2. The Balaban J connectivity index is 2.28. The first-order chi connectivity index (χ1) is 26.3. The van der Waals surface area contributed by atoms with Gasteiger partial charge >= 0.3 is 17.9 Å². The summed E-state index contributed by atoms with van der Waals surface area (Å²) >= 11 is 0. The zero-order valence-electron chi connectivity index (χ0n) is 35.3. The lowest BCUT2D eigenvalue weighted by Crippen LogP contribution is -2.35. The van der Waals surface area contributed by atoms with Gasteiger partial charge < -0.3 is 19.1 Å². The van der Waals surface area contributed by atoms with E-state index in [1.165, 1.54) is 64.2 Å². The Morgan fingerprint density at radius 3 is 1.35 bits per heavy atom. The van der Waals surface area contributed by atoms with Crippen molar-refractivity contribution >= 4 is 17.9 Å². The van der Waals surface area contributed by atoms with E-state index < -0.39 is 11.3 Å². The number of hydrogen-bond donors (Lipinski definition) is 0. The van der Waals surface area contributed by atoms with E-state index in [0.717, 1.165) is 90.0 Å². The zero-order chi connectivity index (χ0) is 39.4. The van der Waals surface area contributed by atoms with Crippen molar-refractivity contribution in [3.05, 3.63) is 48.6 Å². The lowest BCUT2D eigenvalue weighted by Gasteiger charge is -2.24. The van der Waals surface area contributed by atoms with Crippen molar-refractivity contribution < 1.29 is 28.6 Å². The molecule has 54 heavy (non-hydrogen) atoms. The summed E-state index contributed by atoms with van der Waals surface area (Å²) < 4.78 is 16.9. The number of likely N-dealkylation sites (tertiary alicyclic amines) is 1. The van der Waals surface area contributed by atoms with Crippen molar-refractivity contribution in [2.24, 2.45) is 11.3 Å². The normalized spacial score (nSPS) is 16.5. The van der Waals surface area contributed by atoms with Gasteiger partial charge in [0.1, 0.15) is 19.8 Å². The standard InChI is InChI=1S/C47H81NO6/c1-5-7-9-11-13-15-17-19-21-23-25-27-29-31-33-35-44(49)52-39-43(41-54-46(51)47(3)37-38-48(4)42-47)40-53-45(50)36-34-32-30-28-26-24-22-20-18-16-14-12-10-8-6-2/h13-16,19-22,43H,5-12,17-18,23-42H2,1-4H3/b15-13-,16-14-,21-19-,22-20-. The van der Waals surface area contributed by atoms with E-state index in [-0.39, 0.29) is 37.7 Å². The van der Waals surface area contributed by atoms with Crippen LogP contribution >= 0.6 is 0 Å². The predicted octanol–water partition coefficient (Wildman–Crippen LogP) is 12.2. The van der Waals surface area contributed by atoms with E-state index in [4.69, 9.17) is 14.2 Å². The van der Waals surface area contributed by atoms with E-state index in [1.54, 1.807) is 0 Å². The van der Waals surface area contributed by atoms with E-state index in [2.05, 4.69) is 67.4 Å². The SMILES string of the molecule is CCCCC/C=C\C/C=C\CCCCCCCC(=O)OCC(COC(=O)CCCCCCC/C=C\C/C=C\CCCCC)COC(=O)C1(C)CCN(C)C1. The average molecular weight is 756 g/mol. The third-order valence-corrected chi connectivity index (χ3v) is 10.2. The molecule has 7 nitrogen and oxygen atoms in total. The maximum atomic E-state index is 13.0. The third kappa shape index (κ3) is 28.7. The monoisotopic (exact) mass is 756 g/mol. The summed E-state index contributed by atoms with van der Waals surface area (Å²) in [7, 11) is 2.00. The van der Waals surface area contributed by atoms with Crippen molar-refractivity contribution in [3.63, 3.8) is 0 Å². The van der Waals surface area contributed by atoms with Crippen molar-refractivity contribution in [1.29, 1.82) is 0 Å². The molecule has 0 aromatic rings. The van der Waals surface area contributed by atoms with Crippen molar-refractivity contribution in [3.8, 4) is 0 Å². The highest BCUT2D eigenvalue weighted by molar-refractivity contribution is 5.77. The Morgan fingerprint density at radius 1 is 0.556 bits per heavy atom. The third-order valence-electron chi connectivity index (χ3n) is 10.2. The molecule has 1 rings (SSSR count). The number of carbonyl (C=O) groups excluding carboxylic acids is 3. The maximum Gasteiger partial charge on any atom is 0.313 e.